The van der Waals surface area contributed by atoms with Gasteiger partial charge in [-0.3, -0.25) is 4.79 Å². The Morgan fingerprint density at radius 3 is 2.56 bits per heavy atom. The Morgan fingerprint density at radius 1 is 1.33 bits per heavy atom. The molecular weight excluding hydrogens is 228 g/mol. The average molecular weight is 254 g/mol. The molecule has 4 heteroatoms. The van der Waals surface area contributed by atoms with Gasteiger partial charge in [-0.15, -0.1) is 0 Å². The van der Waals surface area contributed by atoms with Gasteiger partial charge in [0, 0.05) is 12.6 Å². The minimum absolute atomic E-state index is 0.0144. The molecule has 2 fully saturated rings. The lowest BCUT2D eigenvalue weighted by Gasteiger charge is -2.21. The lowest BCUT2D eigenvalue weighted by Crippen LogP contribution is -2.44. The molecule has 0 heterocycles. The summed E-state index contributed by atoms with van der Waals surface area (Å²) in [5, 5.41) is 2.94. The number of amides is 1. The van der Waals surface area contributed by atoms with Crippen molar-refractivity contribution >= 4 is 5.91 Å². The van der Waals surface area contributed by atoms with Gasteiger partial charge in [-0.2, -0.15) is 0 Å². The monoisotopic (exact) mass is 254 g/mol. The summed E-state index contributed by atoms with van der Waals surface area (Å²) in [6.45, 7) is 2.59. The molecule has 0 aliphatic heterocycles. The van der Waals surface area contributed by atoms with Gasteiger partial charge in [0.25, 0.3) is 0 Å². The second kappa shape index (κ2) is 6.53. The van der Waals surface area contributed by atoms with Gasteiger partial charge in [-0.25, -0.2) is 0 Å². The molecule has 4 nitrogen and oxygen atoms in total. The lowest BCUT2D eigenvalue weighted by molar-refractivity contribution is -0.136. The summed E-state index contributed by atoms with van der Waals surface area (Å²) in [6, 6.07) is 0.123. The Labute approximate surface area is 110 Å². The van der Waals surface area contributed by atoms with Crippen LogP contribution >= 0.6 is 0 Å². The summed E-state index contributed by atoms with van der Waals surface area (Å²) >= 11 is 0. The zero-order valence-electron chi connectivity index (χ0n) is 11.4. The first-order chi connectivity index (χ1) is 8.70. The van der Waals surface area contributed by atoms with Gasteiger partial charge < -0.3 is 15.8 Å². The van der Waals surface area contributed by atoms with Crippen LogP contribution in [0.15, 0.2) is 0 Å². The maximum absolute atomic E-state index is 12.0. The molecule has 0 aromatic carbocycles. The molecule has 3 N–H and O–H groups in total. The minimum Gasteiger partial charge on any atom is -0.365 e. The van der Waals surface area contributed by atoms with Crippen LogP contribution in [0, 0.1) is 5.92 Å². The smallest absolute Gasteiger partial charge is 0.249 e. The highest BCUT2D eigenvalue weighted by molar-refractivity contribution is 5.80. The Bertz CT molecular complexity index is 273. The highest BCUT2D eigenvalue weighted by Gasteiger charge is 2.29. The molecule has 0 bridgehead atoms. The molecular formula is C14H26N2O2. The highest BCUT2D eigenvalue weighted by Crippen LogP contribution is 2.31. The van der Waals surface area contributed by atoms with E-state index in [4.69, 9.17) is 10.5 Å². The lowest BCUT2D eigenvalue weighted by atomic mass is 10.2. The van der Waals surface area contributed by atoms with Crippen molar-refractivity contribution in [2.45, 2.75) is 70.1 Å². The number of nitrogens with one attached hydrogen (secondary N) is 1. The first-order valence-electron chi connectivity index (χ1n) is 7.39. The molecule has 2 aliphatic rings. The molecule has 2 rings (SSSR count). The van der Waals surface area contributed by atoms with Gasteiger partial charge in [0.15, 0.2) is 0 Å². The van der Waals surface area contributed by atoms with Crippen LogP contribution in [0.3, 0.4) is 0 Å². The second-order valence-corrected chi connectivity index (χ2v) is 5.69. The molecule has 0 aromatic heterocycles. The zero-order valence-corrected chi connectivity index (χ0v) is 11.4. The molecule has 1 amide bonds. The van der Waals surface area contributed by atoms with Crippen LogP contribution in [-0.4, -0.2) is 30.7 Å². The van der Waals surface area contributed by atoms with Crippen molar-refractivity contribution in [2.24, 2.45) is 11.7 Å². The van der Waals surface area contributed by atoms with Gasteiger partial charge in [-0.05, 0) is 38.0 Å². The van der Waals surface area contributed by atoms with Crippen molar-refractivity contribution in [2.75, 3.05) is 6.54 Å². The molecule has 2 aliphatic carbocycles. The molecule has 2 saturated carbocycles. The van der Waals surface area contributed by atoms with E-state index in [9.17, 15) is 4.79 Å². The van der Waals surface area contributed by atoms with E-state index in [-0.39, 0.29) is 24.2 Å². The fourth-order valence-corrected chi connectivity index (χ4v) is 2.62. The van der Waals surface area contributed by atoms with Crippen LogP contribution in [0.25, 0.3) is 0 Å². The first kappa shape index (κ1) is 13.8. The number of ether oxygens (including phenoxy) is 1. The summed E-state index contributed by atoms with van der Waals surface area (Å²) in [5.41, 5.74) is 5.98. The van der Waals surface area contributed by atoms with Crippen molar-refractivity contribution in [3.63, 3.8) is 0 Å². The van der Waals surface area contributed by atoms with E-state index < -0.39 is 0 Å². The number of nitrogens with two attached hydrogens (primary N) is 1. The third-order valence-corrected chi connectivity index (χ3v) is 4.06. The van der Waals surface area contributed by atoms with E-state index in [0.29, 0.717) is 12.5 Å². The van der Waals surface area contributed by atoms with Crippen LogP contribution in [-0.2, 0) is 9.53 Å². The zero-order chi connectivity index (χ0) is 13.0. The van der Waals surface area contributed by atoms with Gasteiger partial charge in [0.2, 0.25) is 5.91 Å². The van der Waals surface area contributed by atoms with Crippen molar-refractivity contribution < 1.29 is 9.53 Å². The van der Waals surface area contributed by atoms with Gasteiger partial charge in [0.1, 0.15) is 6.10 Å². The van der Waals surface area contributed by atoms with Crippen molar-refractivity contribution in [1.82, 2.24) is 5.32 Å². The van der Waals surface area contributed by atoms with E-state index in [1.807, 2.05) is 6.92 Å². The van der Waals surface area contributed by atoms with Crippen molar-refractivity contribution in [1.29, 1.82) is 0 Å². The van der Waals surface area contributed by atoms with E-state index >= 15 is 0 Å². The van der Waals surface area contributed by atoms with Gasteiger partial charge in [-0.1, -0.05) is 19.8 Å². The van der Waals surface area contributed by atoms with Crippen LogP contribution < -0.4 is 11.1 Å². The predicted octanol–water partition coefficient (Wildman–Crippen LogP) is 1.58. The van der Waals surface area contributed by atoms with E-state index in [1.165, 1.54) is 25.7 Å². The first-order valence-corrected chi connectivity index (χ1v) is 7.39. The molecule has 18 heavy (non-hydrogen) atoms. The number of carbonyl (C=O) groups is 1. The quantitative estimate of drug-likeness (QED) is 0.725. The molecule has 0 spiro atoms. The topological polar surface area (TPSA) is 64.3 Å². The molecule has 0 radical (unpaired) electrons. The van der Waals surface area contributed by atoms with Crippen LogP contribution in [0.4, 0.5) is 0 Å². The average Bonchev–Trinajstić information content (AvgIpc) is 3.11. The Morgan fingerprint density at radius 2 is 2.00 bits per heavy atom. The summed E-state index contributed by atoms with van der Waals surface area (Å²) in [5.74, 6) is 0.640. The van der Waals surface area contributed by atoms with Crippen LogP contribution in [0.1, 0.15) is 51.9 Å². The standard InChI is InChI=1S/C14H26N2O2/c1-2-13(18-11-5-3-4-6-11)14(17)16-9-12(15)10-7-8-10/h10-13H,2-9,15H2,1H3,(H,16,17). The van der Waals surface area contributed by atoms with Crippen molar-refractivity contribution in [3.05, 3.63) is 0 Å². The van der Waals surface area contributed by atoms with Crippen LogP contribution in [0.5, 0.6) is 0 Å². The molecule has 104 valence electrons. The van der Waals surface area contributed by atoms with E-state index in [2.05, 4.69) is 5.32 Å². The summed E-state index contributed by atoms with van der Waals surface area (Å²) in [6.07, 6.45) is 7.83. The SMILES string of the molecule is CCC(OC1CCCC1)C(=O)NCC(N)C1CC1. The maximum atomic E-state index is 12.0. The van der Waals surface area contributed by atoms with Crippen molar-refractivity contribution in [3.8, 4) is 0 Å². The highest BCUT2D eigenvalue weighted by atomic mass is 16.5. The minimum atomic E-state index is -0.292. The normalized spacial score (nSPS) is 23.9. The largest absolute Gasteiger partial charge is 0.365 e. The Hall–Kier alpha value is -0.610. The maximum Gasteiger partial charge on any atom is 0.249 e. The number of hydrogen-bond donors (Lipinski definition) is 2. The Kier molecular flexibility index (Phi) is 5.01. The summed E-state index contributed by atoms with van der Waals surface area (Å²) < 4.78 is 5.88. The third kappa shape index (κ3) is 3.95. The summed E-state index contributed by atoms with van der Waals surface area (Å²) in [7, 11) is 0. The summed E-state index contributed by atoms with van der Waals surface area (Å²) in [4.78, 5) is 12.0. The predicted molar refractivity (Wildman–Crippen MR) is 71.1 cm³/mol. The van der Waals surface area contributed by atoms with E-state index in [1.54, 1.807) is 0 Å². The number of hydrogen-bond acceptors (Lipinski definition) is 3. The van der Waals surface area contributed by atoms with Gasteiger partial charge in [0.05, 0.1) is 6.10 Å². The van der Waals surface area contributed by atoms with Gasteiger partial charge >= 0.3 is 0 Å². The number of rotatable bonds is 7. The Balaban J connectivity index is 1.70. The second-order valence-electron chi connectivity index (χ2n) is 5.69. The molecule has 2 unspecified atom stereocenters. The molecule has 0 saturated heterocycles. The molecule has 0 aromatic rings. The fourth-order valence-electron chi connectivity index (χ4n) is 2.62. The fraction of sp³-hybridized carbons (Fsp3) is 0.929. The molecule has 2 atom stereocenters. The van der Waals surface area contributed by atoms with E-state index in [0.717, 1.165) is 19.3 Å². The van der Waals surface area contributed by atoms with Crippen LogP contribution in [0.2, 0.25) is 0 Å². The third-order valence-electron chi connectivity index (χ3n) is 4.06. The number of carbonyl (C=O) groups excluding carboxylic acids is 1.